The second-order valence-corrected chi connectivity index (χ2v) is 4.02. The summed E-state index contributed by atoms with van der Waals surface area (Å²) >= 11 is 0. The first kappa shape index (κ1) is 11.5. The Labute approximate surface area is 102 Å². The fourth-order valence-electron chi connectivity index (χ4n) is 1.59. The van der Waals surface area contributed by atoms with Crippen LogP contribution in [0.2, 0.25) is 0 Å². The van der Waals surface area contributed by atoms with Gasteiger partial charge in [0.15, 0.2) is 0 Å². The Morgan fingerprint density at radius 3 is 1.71 bits per heavy atom. The molecule has 0 atom stereocenters. The highest BCUT2D eigenvalue weighted by molar-refractivity contribution is 5.69. The Hall–Kier alpha value is -2.02. The maximum atomic E-state index is 5.12. The molecule has 0 radical (unpaired) electrons. The Balaban J connectivity index is 2.11. The standard InChI is InChI=1S/C16H16O/c1-13-3-5-14(6-4-13)7-8-15-9-11-16(17-2)12-10-15/h3-12H,1-2H3. The van der Waals surface area contributed by atoms with Gasteiger partial charge >= 0.3 is 0 Å². The maximum Gasteiger partial charge on any atom is 0.118 e. The van der Waals surface area contributed by atoms with E-state index in [2.05, 4.69) is 43.3 Å². The molecule has 0 fully saturated rings. The van der Waals surface area contributed by atoms with E-state index in [1.165, 1.54) is 16.7 Å². The van der Waals surface area contributed by atoms with E-state index in [1.807, 2.05) is 24.3 Å². The number of aryl methyl sites for hydroxylation is 1. The van der Waals surface area contributed by atoms with E-state index in [0.717, 1.165) is 5.75 Å². The van der Waals surface area contributed by atoms with Crippen molar-refractivity contribution in [2.24, 2.45) is 0 Å². The molecule has 0 unspecified atom stereocenters. The van der Waals surface area contributed by atoms with Crippen LogP contribution < -0.4 is 4.74 Å². The molecule has 0 aliphatic heterocycles. The average Bonchev–Trinajstić information content (AvgIpc) is 2.39. The van der Waals surface area contributed by atoms with Crippen LogP contribution in [-0.2, 0) is 0 Å². The van der Waals surface area contributed by atoms with Crippen LogP contribution in [0, 0.1) is 6.92 Å². The van der Waals surface area contributed by atoms with E-state index in [1.54, 1.807) is 7.11 Å². The number of ether oxygens (including phenoxy) is 1. The Kier molecular flexibility index (Phi) is 3.61. The summed E-state index contributed by atoms with van der Waals surface area (Å²) in [5.41, 5.74) is 3.67. The van der Waals surface area contributed by atoms with Crippen LogP contribution in [0.3, 0.4) is 0 Å². The van der Waals surface area contributed by atoms with Crippen molar-refractivity contribution in [3.63, 3.8) is 0 Å². The summed E-state index contributed by atoms with van der Waals surface area (Å²) in [5.74, 6) is 0.887. The van der Waals surface area contributed by atoms with E-state index >= 15 is 0 Å². The zero-order valence-electron chi connectivity index (χ0n) is 10.2. The number of methoxy groups -OCH3 is 1. The lowest BCUT2D eigenvalue weighted by Gasteiger charge is -1.99. The zero-order chi connectivity index (χ0) is 12.1. The van der Waals surface area contributed by atoms with Crippen molar-refractivity contribution in [3.8, 4) is 5.75 Å². The highest BCUT2D eigenvalue weighted by atomic mass is 16.5. The number of hydrogen-bond donors (Lipinski definition) is 0. The number of rotatable bonds is 3. The fraction of sp³-hybridized carbons (Fsp3) is 0.125. The van der Waals surface area contributed by atoms with Gasteiger partial charge in [0.05, 0.1) is 7.11 Å². The SMILES string of the molecule is COc1ccc(C=Cc2ccc(C)cc2)cc1. The molecule has 0 heterocycles. The molecule has 0 aliphatic rings. The molecule has 1 nitrogen and oxygen atoms in total. The van der Waals surface area contributed by atoms with Gasteiger partial charge in [0.2, 0.25) is 0 Å². The monoisotopic (exact) mass is 224 g/mol. The van der Waals surface area contributed by atoms with Gasteiger partial charge in [-0.1, -0.05) is 54.1 Å². The molecule has 0 amide bonds. The molecule has 1 heteroatoms. The van der Waals surface area contributed by atoms with Crippen LogP contribution in [0.4, 0.5) is 0 Å². The minimum atomic E-state index is 0.887. The van der Waals surface area contributed by atoms with Crippen molar-refractivity contribution >= 4 is 12.2 Å². The molecular formula is C16H16O. The van der Waals surface area contributed by atoms with Crippen molar-refractivity contribution < 1.29 is 4.74 Å². The summed E-state index contributed by atoms with van der Waals surface area (Å²) in [6.45, 7) is 2.09. The second kappa shape index (κ2) is 5.35. The Bertz CT molecular complexity index is 492. The molecule has 0 saturated heterocycles. The van der Waals surface area contributed by atoms with E-state index in [0.29, 0.717) is 0 Å². The molecule has 0 N–H and O–H groups in total. The Morgan fingerprint density at radius 2 is 1.24 bits per heavy atom. The predicted octanol–water partition coefficient (Wildman–Crippen LogP) is 4.17. The molecule has 0 aromatic heterocycles. The molecule has 2 aromatic rings. The summed E-state index contributed by atoms with van der Waals surface area (Å²) in [6.07, 6.45) is 4.21. The fourth-order valence-corrected chi connectivity index (χ4v) is 1.59. The van der Waals surface area contributed by atoms with Crippen LogP contribution >= 0.6 is 0 Å². The van der Waals surface area contributed by atoms with Gasteiger partial charge in [-0.3, -0.25) is 0 Å². The topological polar surface area (TPSA) is 9.23 Å². The summed E-state index contributed by atoms with van der Waals surface area (Å²) in [4.78, 5) is 0. The molecule has 17 heavy (non-hydrogen) atoms. The smallest absolute Gasteiger partial charge is 0.118 e. The molecule has 0 bridgehead atoms. The third-order valence-corrected chi connectivity index (χ3v) is 2.66. The van der Waals surface area contributed by atoms with Gasteiger partial charge in [-0.2, -0.15) is 0 Å². The molecule has 0 spiro atoms. The van der Waals surface area contributed by atoms with Crippen molar-refractivity contribution in [1.29, 1.82) is 0 Å². The minimum Gasteiger partial charge on any atom is -0.497 e. The van der Waals surface area contributed by atoms with Crippen LogP contribution in [0.15, 0.2) is 48.5 Å². The van der Waals surface area contributed by atoms with Gasteiger partial charge in [-0.15, -0.1) is 0 Å². The molecular weight excluding hydrogens is 208 g/mol. The van der Waals surface area contributed by atoms with E-state index in [-0.39, 0.29) is 0 Å². The number of hydrogen-bond acceptors (Lipinski definition) is 1. The van der Waals surface area contributed by atoms with Gasteiger partial charge in [0, 0.05) is 0 Å². The predicted molar refractivity (Wildman–Crippen MR) is 73.1 cm³/mol. The second-order valence-electron chi connectivity index (χ2n) is 4.02. The van der Waals surface area contributed by atoms with Gasteiger partial charge in [0.1, 0.15) is 5.75 Å². The lowest BCUT2D eigenvalue weighted by Crippen LogP contribution is -1.81. The van der Waals surface area contributed by atoms with E-state index in [4.69, 9.17) is 4.74 Å². The van der Waals surface area contributed by atoms with Crippen LogP contribution in [-0.4, -0.2) is 7.11 Å². The lowest BCUT2D eigenvalue weighted by molar-refractivity contribution is 0.415. The highest BCUT2D eigenvalue weighted by Gasteiger charge is 1.90. The molecule has 2 aromatic carbocycles. The molecule has 2 rings (SSSR count). The van der Waals surface area contributed by atoms with Gasteiger partial charge in [-0.05, 0) is 30.2 Å². The minimum absolute atomic E-state index is 0.887. The first-order valence-corrected chi connectivity index (χ1v) is 5.67. The number of benzene rings is 2. The van der Waals surface area contributed by atoms with E-state index < -0.39 is 0 Å². The molecule has 0 saturated carbocycles. The van der Waals surface area contributed by atoms with Gasteiger partial charge < -0.3 is 4.74 Å². The van der Waals surface area contributed by atoms with Crippen LogP contribution in [0.5, 0.6) is 5.75 Å². The van der Waals surface area contributed by atoms with Crippen molar-refractivity contribution in [2.75, 3.05) is 7.11 Å². The largest absolute Gasteiger partial charge is 0.497 e. The van der Waals surface area contributed by atoms with Crippen LogP contribution in [0.1, 0.15) is 16.7 Å². The summed E-state index contributed by atoms with van der Waals surface area (Å²) < 4.78 is 5.12. The normalized spacial score (nSPS) is 10.7. The summed E-state index contributed by atoms with van der Waals surface area (Å²) in [6, 6.07) is 16.5. The third-order valence-electron chi connectivity index (χ3n) is 2.66. The summed E-state index contributed by atoms with van der Waals surface area (Å²) in [7, 11) is 1.68. The zero-order valence-corrected chi connectivity index (χ0v) is 10.2. The van der Waals surface area contributed by atoms with Gasteiger partial charge in [0.25, 0.3) is 0 Å². The van der Waals surface area contributed by atoms with Gasteiger partial charge in [-0.25, -0.2) is 0 Å². The van der Waals surface area contributed by atoms with E-state index in [9.17, 15) is 0 Å². The molecule has 0 aliphatic carbocycles. The highest BCUT2D eigenvalue weighted by Crippen LogP contribution is 2.14. The van der Waals surface area contributed by atoms with Crippen molar-refractivity contribution in [3.05, 3.63) is 65.2 Å². The van der Waals surface area contributed by atoms with Crippen LogP contribution in [0.25, 0.3) is 12.2 Å². The molecule has 86 valence electrons. The van der Waals surface area contributed by atoms with Crippen molar-refractivity contribution in [2.45, 2.75) is 6.92 Å². The first-order valence-electron chi connectivity index (χ1n) is 5.67. The summed E-state index contributed by atoms with van der Waals surface area (Å²) in [5, 5.41) is 0. The third kappa shape index (κ3) is 3.22. The Morgan fingerprint density at radius 1 is 0.765 bits per heavy atom. The maximum absolute atomic E-state index is 5.12. The average molecular weight is 224 g/mol. The first-order chi connectivity index (χ1) is 8.28. The lowest BCUT2D eigenvalue weighted by atomic mass is 10.1. The van der Waals surface area contributed by atoms with Crippen molar-refractivity contribution in [1.82, 2.24) is 0 Å². The quantitative estimate of drug-likeness (QED) is 0.711.